The Morgan fingerprint density at radius 2 is 1.90 bits per heavy atom. The monoisotopic (exact) mass is 316 g/mol. The Hall–Kier alpha value is -0.430. The van der Waals surface area contributed by atoms with E-state index in [1.807, 2.05) is 11.4 Å². The van der Waals surface area contributed by atoms with Crippen LogP contribution in [0.4, 0.5) is 0 Å². The third-order valence-electron chi connectivity index (χ3n) is 3.50. The van der Waals surface area contributed by atoms with Crippen molar-refractivity contribution in [2.45, 2.75) is 56.3 Å². The smallest absolute Gasteiger partial charge is 0.252 e. The number of thiophene rings is 1. The summed E-state index contributed by atoms with van der Waals surface area (Å²) in [7, 11) is -3.28. The fourth-order valence-corrected chi connectivity index (χ4v) is 5.19. The van der Waals surface area contributed by atoms with Gasteiger partial charge in [0.25, 0.3) is 10.0 Å². The molecule has 114 valence electrons. The van der Waals surface area contributed by atoms with E-state index in [0.717, 1.165) is 37.8 Å². The lowest BCUT2D eigenvalue weighted by atomic mass is 10.2. The maximum atomic E-state index is 12.6. The van der Waals surface area contributed by atoms with Gasteiger partial charge in [0.15, 0.2) is 0 Å². The Morgan fingerprint density at radius 3 is 2.50 bits per heavy atom. The Kier molecular flexibility index (Phi) is 5.60. The second-order valence-electron chi connectivity index (χ2n) is 5.63. The third-order valence-corrected chi connectivity index (χ3v) is 6.87. The van der Waals surface area contributed by atoms with Crippen molar-refractivity contribution in [1.29, 1.82) is 0 Å². The summed E-state index contributed by atoms with van der Waals surface area (Å²) in [6.07, 6.45) is 4.23. The molecule has 1 saturated heterocycles. The summed E-state index contributed by atoms with van der Waals surface area (Å²) in [5.41, 5.74) is 1.05. The average molecular weight is 316 g/mol. The fourth-order valence-electron chi connectivity index (χ4n) is 2.31. The molecule has 1 N–H and O–H groups in total. The van der Waals surface area contributed by atoms with Gasteiger partial charge in [-0.05, 0) is 29.9 Å². The van der Waals surface area contributed by atoms with Gasteiger partial charge in [0.1, 0.15) is 4.21 Å². The van der Waals surface area contributed by atoms with Crippen LogP contribution in [0.1, 0.15) is 45.1 Å². The highest BCUT2D eigenvalue weighted by molar-refractivity contribution is 7.91. The molecule has 4 nitrogen and oxygen atoms in total. The van der Waals surface area contributed by atoms with Gasteiger partial charge in [-0.1, -0.05) is 26.7 Å². The van der Waals surface area contributed by atoms with E-state index < -0.39 is 10.0 Å². The molecule has 0 amide bonds. The molecule has 1 aliphatic rings. The second kappa shape index (κ2) is 7.02. The van der Waals surface area contributed by atoms with Gasteiger partial charge < -0.3 is 5.32 Å². The van der Waals surface area contributed by atoms with Gasteiger partial charge >= 0.3 is 0 Å². The van der Waals surface area contributed by atoms with Crippen LogP contribution in [0.5, 0.6) is 0 Å². The standard InChI is InChI=1S/C14H24N2O2S2/c1-12(2)15-10-13-9-14(19-11-13)20(17,18)16-7-5-3-4-6-8-16/h9,11-12,15H,3-8,10H2,1-2H3. The molecule has 0 radical (unpaired) electrons. The Balaban J connectivity index is 2.08. The van der Waals surface area contributed by atoms with Crippen molar-refractivity contribution in [3.63, 3.8) is 0 Å². The first-order chi connectivity index (χ1) is 9.50. The molecule has 0 saturated carbocycles. The quantitative estimate of drug-likeness (QED) is 0.909. The van der Waals surface area contributed by atoms with Crippen molar-refractivity contribution in [3.8, 4) is 0 Å². The van der Waals surface area contributed by atoms with Crippen LogP contribution in [0, 0.1) is 0 Å². The largest absolute Gasteiger partial charge is 0.310 e. The van der Waals surface area contributed by atoms with Gasteiger partial charge in [-0.25, -0.2) is 8.42 Å². The lowest BCUT2D eigenvalue weighted by molar-refractivity contribution is 0.425. The minimum absolute atomic E-state index is 0.403. The van der Waals surface area contributed by atoms with Gasteiger partial charge in [-0.15, -0.1) is 11.3 Å². The van der Waals surface area contributed by atoms with Gasteiger partial charge in [0.05, 0.1) is 0 Å². The second-order valence-corrected chi connectivity index (χ2v) is 8.70. The summed E-state index contributed by atoms with van der Waals surface area (Å²) >= 11 is 1.34. The number of nitrogens with zero attached hydrogens (tertiary/aromatic N) is 1. The van der Waals surface area contributed by atoms with E-state index in [-0.39, 0.29) is 0 Å². The molecule has 1 fully saturated rings. The summed E-state index contributed by atoms with van der Waals surface area (Å²) in [5.74, 6) is 0. The maximum absolute atomic E-state index is 12.6. The van der Waals surface area contributed by atoms with Crippen LogP contribution >= 0.6 is 11.3 Å². The predicted molar refractivity (Wildman–Crippen MR) is 83.5 cm³/mol. The van der Waals surface area contributed by atoms with Crippen LogP contribution < -0.4 is 5.32 Å². The molecule has 1 aromatic rings. The van der Waals surface area contributed by atoms with E-state index in [0.29, 0.717) is 23.3 Å². The summed E-state index contributed by atoms with van der Waals surface area (Å²) in [6.45, 7) is 6.23. The highest BCUT2D eigenvalue weighted by atomic mass is 32.2. The van der Waals surface area contributed by atoms with Crippen molar-refractivity contribution in [1.82, 2.24) is 9.62 Å². The summed E-state index contributed by atoms with van der Waals surface area (Å²) in [6, 6.07) is 2.22. The molecule has 1 aliphatic heterocycles. The lowest BCUT2D eigenvalue weighted by Gasteiger charge is -2.18. The average Bonchev–Trinajstić information content (AvgIpc) is 2.70. The van der Waals surface area contributed by atoms with Crippen LogP contribution in [0.3, 0.4) is 0 Å². The van der Waals surface area contributed by atoms with E-state index in [1.54, 1.807) is 4.31 Å². The number of hydrogen-bond donors (Lipinski definition) is 1. The van der Waals surface area contributed by atoms with Gasteiger partial charge in [-0.2, -0.15) is 4.31 Å². The summed E-state index contributed by atoms with van der Waals surface area (Å²) < 4.78 is 27.4. The number of rotatable bonds is 5. The SMILES string of the molecule is CC(C)NCc1csc(S(=O)(=O)N2CCCCCC2)c1. The number of sulfonamides is 1. The minimum Gasteiger partial charge on any atom is -0.310 e. The van der Waals surface area contributed by atoms with E-state index >= 15 is 0 Å². The molecule has 0 atom stereocenters. The van der Waals surface area contributed by atoms with Crippen molar-refractivity contribution < 1.29 is 8.42 Å². The molecule has 1 aromatic heterocycles. The van der Waals surface area contributed by atoms with Crippen molar-refractivity contribution in [2.24, 2.45) is 0 Å². The van der Waals surface area contributed by atoms with Crippen LogP contribution in [0.25, 0.3) is 0 Å². The van der Waals surface area contributed by atoms with Crippen LogP contribution in [0.2, 0.25) is 0 Å². The van der Waals surface area contributed by atoms with Gasteiger partial charge in [0, 0.05) is 25.7 Å². The predicted octanol–water partition coefficient (Wildman–Crippen LogP) is 2.81. The molecular formula is C14H24N2O2S2. The van der Waals surface area contributed by atoms with Gasteiger partial charge in [-0.3, -0.25) is 0 Å². The Bertz CT molecular complexity index is 515. The molecule has 0 aromatic carbocycles. The number of nitrogens with one attached hydrogen (secondary N) is 1. The first kappa shape index (κ1) is 15.9. The van der Waals surface area contributed by atoms with Crippen LogP contribution in [0.15, 0.2) is 15.7 Å². The normalized spacial score (nSPS) is 18.4. The zero-order valence-electron chi connectivity index (χ0n) is 12.3. The molecule has 0 spiro atoms. The van der Waals surface area contributed by atoms with E-state index in [2.05, 4.69) is 19.2 Å². The van der Waals surface area contributed by atoms with Crippen LogP contribution in [-0.4, -0.2) is 31.9 Å². The molecule has 0 unspecified atom stereocenters. The zero-order valence-corrected chi connectivity index (χ0v) is 13.9. The first-order valence-corrected chi connectivity index (χ1v) is 9.63. The zero-order chi connectivity index (χ0) is 14.6. The Morgan fingerprint density at radius 1 is 1.25 bits per heavy atom. The van der Waals surface area contributed by atoms with E-state index in [1.165, 1.54) is 11.3 Å². The lowest BCUT2D eigenvalue weighted by Crippen LogP contribution is -2.31. The summed E-state index contributed by atoms with van der Waals surface area (Å²) in [4.78, 5) is 0. The highest BCUT2D eigenvalue weighted by Crippen LogP contribution is 2.26. The van der Waals surface area contributed by atoms with Crippen molar-refractivity contribution in [3.05, 3.63) is 17.0 Å². The molecular weight excluding hydrogens is 292 g/mol. The molecule has 0 aliphatic carbocycles. The molecule has 6 heteroatoms. The van der Waals surface area contributed by atoms with E-state index in [9.17, 15) is 8.42 Å². The van der Waals surface area contributed by atoms with Crippen LogP contribution in [-0.2, 0) is 16.6 Å². The van der Waals surface area contributed by atoms with Gasteiger partial charge in [0.2, 0.25) is 0 Å². The van der Waals surface area contributed by atoms with Crippen molar-refractivity contribution >= 4 is 21.4 Å². The number of hydrogen-bond acceptors (Lipinski definition) is 4. The van der Waals surface area contributed by atoms with Crippen molar-refractivity contribution in [2.75, 3.05) is 13.1 Å². The molecule has 2 rings (SSSR count). The molecule has 0 bridgehead atoms. The summed E-state index contributed by atoms with van der Waals surface area (Å²) in [5, 5.41) is 5.26. The fraction of sp³-hybridized carbons (Fsp3) is 0.714. The molecule has 20 heavy (non-hydrogen) atoms. The highest BCUT2D eigenvalue weighted by Gasteiger charge is 2.26. The third kappa shape index (κ3) is 4.04. The topological polar surface area (TPSA) is 49.4 Å². The van der Waals surface area contributed by atoms with E-state index in [4.69, 9.17) is 0 Å². The molecule has 2 heterocycles. The Labute approximate surface area is 126 Å². The first-order valence-electron chi connectivity index (χ1n) is 7.31. The minimum atomic E-state index is -3.28. The maximum Gasteiger partial charge on any atom is 0.252 e.